The fourth-order valence-corrected chi connectivity index (χ4v) is 1.57. The molecule has 5 heteroatoms. The molecule has 15 heavy (non-hydrogen) atoms. The van der Waals surface area contributed by atoms with Gasteiger partial charge in [-0.2, -0.15) is 15.5 Å². The van der Waals surface area contributed by atoms with Crippen molar-refractivity contribution >= 4 is 0 Å². The summed E-state index contributed by atoms with van der Waals surface area (Å²) in [4.78, 5) is 0. The number of hydrogen-bond acceptors (Lipinski definition) is 3. The van der Waals surface area contributed by atoms with E-state index in [9.17, 15) is 0 Å². The monoisotopic (exact) mass is 201 g/mol. The van der Waals surface area contributed by atoms with Crippen LogP contribution in [0.25, 0.3) is 5.82 Å². The van der Waals surface area contributed by atoms with Gasteiger partial charge >= 0.3 is 0 Å². The van der Waals surface area contributed by atoms with E-state index in [1.807, 2.05) is 20.0 Å². The van der Waals surface area contributed by atoms with Gasteiger partial charge in [0.15, 0.2) is 5.82 Å². The van der Waals surface area contributed by atoms with Crippen LogP contribution in [0, 0.1) is 25.2 Å². The maximum atomic E-state index is 9.04. The van der Waals surface area contributed by atoms with Gasteiger partial charge in [0.25, 0.3) is 0 Å². The van der Waals surface area contributed by atoms with Crippen LogP contribution in [-0.2, 0) is 7.05 Å². The van der Waals surface area contributed by atoms with Gasteiger partial charge in [-0.3, -0.25) is 0 Å². The zero-order chi connectivity index (χ0) is 11.0. The van der Waals surface area contributed by atoms with E-state index < -0.39 is 0 Å². The van der Waals surface area contributed by atoms with E-state index in [0.717, 1.165) is 11.3 Å². The molecule has 0 N–H and O–H groups in total. The minimum atomic E-state index is 0.570. The Labute approximate surface area is 87.6 Å². The Bertz CT molecular complexity index is 541. The van der Waals surface area contributed by atoms with Crippen molar-refractivity contribution in [2.24, 2.45) is 7.05 Å². The van der Waals surface area contributed by atoms with E-state index >= 15 is 0 Å². The summed E-state index contributed by atoms with van der Waals surface area (Å²) in [5, 5.41) is 17.4. The maximum Gasteiger partial charge on any atom is 0.169 e. The molecular formula is C10H11N5. The molecule has 0 saturated carbocycles. The maximum absolute atomic E-state index is 9.04. The molecule has 0 radical (unpaired) electrons. The highest BCUT2D eigenvalue weighted by molar-refractivity contribution is 5.46. The standard InChI is InChI=1S/C10H11N5/c1-7-5-12-15(6-7)10-9(4-11)8(2)13-14(10)3/h5-6H,1-3H3. The lowest BCUT2D eigenvalue weighted by Gasteiger charge is -2.01. The summed E-state index contributed by atoms with van der Waals surface area (Å²) in [6.45, 7) is 3.77. The van der Waals surface area contributed by atoms with Gasteiger partial charge < -0.3 is 0 Å². The first kappa shape index (κ1) is 9.46. The minimum absolute atomic E-state index is 0.570. The van der Waals surface area contributed by atoms with Crippen LogP contribution in [0.1, 0.15) is 16.8 Å². The summed E-state index contributed by atoms with van der Waals surface area (Å²) >= 11 is 0. The number of aryl methyl sites for hydroxylation is 3. The molecule has 0 amide bonds. The number of nitriles is 1. The molecule has 2 rings (SSSR count). The molecule has 2 aromatic rings. The zero-order valence-electron chi connectivity index (χ0n) is 8.89. The smallest absolute Gasteiger partial charge is 0.169 e. The zero-order valence-corrected chi connectivity index (χ0v) is 8.89. The van der Waals surface area contributed by atoms with Crippen LogP contribution in [0.15, 0.2) is 12.4 Å². The number of hydrogen-bond donors (Lipinski definition) is 0. The summed E-state index contributed by atoms with van der Waals surface area (Å²) in [5.74, 6) is 0.711. The van der Waals surface area contributed by atoms with Gasteiger partial charge in [-0.1, -0.05) is 0 Å². The molecule has 2 aromatic heterocycles. The molecule has 0 aromatic carbocycles. The second-order valence-corrected chi connectivity index (χ2v) is 3.48. The van der Waals surface area contributed by atoms with Gasteiger partial charge in [0.2, 0.25) is 0 Å². The summed E-state index contributed by atoms with van der Waals surface area (Å²) in [5.41, 5.74) is 2.35. The van der Waals surface area contributed by atoms with Crippen LogP contribution >= 0.6 is 0 Å². The summed E-state index contributed by atoms with van der Waals surface area (Å²) in [7, 11) is 1.81. The molecule has 76 valence electrons. The van der Waals surface area contributed by atoms with Gasteiger partial charge in [0.05, 0.1) is 11.9 Å². The number of rotatable bonds is 1. The average Bonchev–Trinajstić information content (AvgIpc) is 2.70. The van der Waals surface area contributed by atoms with E-state index in [1.54, 1.807) is 22.6 Å². The third kappa shape index (κ3) is 1.40. The van der Waals surface area contributed by atoms with E-state index in [1.165, 1.54) is 0 Å². The number of aromatic nitrogens is 4. The first-order chi connectivity index (χ1) is 7.13. The second kappa shape index (κ2) is 3.24. The summed E-state index contributed by atoms with van der Waals surface area (Å²) in [6.07, 6.45) is 3.63. The fraction of sp³-hybridized carbons (Fsp3) is 0.300. The van der Waals surface area contributed by atoms with Crippen LogP contribution in [0.5, 0.6) is 0 Å². The third-order valence-electron chi connectivity index (χ3n) is 2.23. The summed E-state index contributed by atoms with van der Waals surface area (Å²) in [6, 6.07) is 2.15. The van der Waals surface area contributed by atoms with E-state index in [0.29, 0.717) is 11.4 Å². The Hall–Kier alpha value is -2.09. The van der Waals surface area contributed by atoms with Crippen LogP contribution in [-0.4, -0.2) is 19.6 Å². The van der Waals surface area contributed by atoms with Crippen molar-refractivity contribution in [1.82, 2.24) is 19.6 Å². The highest BCUT2D eigenvalue weighted by atomic mass is 15.4. The SMILES string of the molecule is Cc1cnn(-c2c(C#N)c(C)nn2C)c1. The van der Waals surface area contributed by atoms with Crippen molar-refractivity contribution in [3.05, 3.63) is 29.2 Å². The fourth-order valence-electron chi connectivity index (χ4n) is 1.57. The molecular weight excluding hydrogens is 190 g/mol. The lowest BCUT2D eigenvalue weighted by molar-refractivity contribution is 0.693. The van der Waals surface area contributed by atoms with Gasteiger partial charge in [0, 0.05) is 13.2 Å². The van der Waals surface area contributed by atoms with Gasteiger partial charge in [-0.05, 0) is 19.4 Å². The van der Waals surface area contributed by atoms with Crippen molar-refractivity contribution in [2.45, 2.75) is 13.8 Å². The lowest BCUT2D eigenvalue weighted by Crippen LogP contribution is -2.04. The molecule has 2 heterocycles. The topological polar surface area (TPSA) is 59.4 Å². The predicted octanol–water partition coefficient (Wildman–Crippen LogP) is 1.09. The van der Waals surface area contributed by atoms with Gasteiger partial charge in [-0.15, -0.1) is 0 Å². The molecule has 5 nitrogen and oxygen atoms in total. The Morgan fingerprint density at radius 2 is 2.13 bits per heavy atom. The lowest BCUT2D eigenvalue weighted by atomic mass is 10.2. The van der Waals surface area contributed by atoms with Crippen LogP contribution in [0.4, 0.5) is 0 Å². The Kier molecular flexibility index (Phi) is 2.05. The minimum Gasteiger partial charge on any atom is -0.250 e. The molecule has 0 aliphatic rings. The van der Waals surface area contributed by atoms with Crippen molar-refractivity contribution in [3.63, 3.8) is 0 Å². The molecule has 0 fully saturated rings. The molecule has 0 aliphatic carbocycles. The van der Waals surface area contributed by atoms with E-state index in [4.69, 9.17) is 5.26 Å². The summed E-state index contributed by atoms with van der Waals surface area (Å²) < 4.78 is 3.34. The third-order valence-corrected chi connectivity index (χ3v) is 2.23. The molecule has 0 bridgehead atoms. The van der Waals surface area contributed by atoms with Crippen LogP contribution < -0.4 is 0 Å². The highest BCUT2D eigenvalue weighted by Crippen LogP contribution is 2.16. The van der Waals surface area contributed by atoms with Crippen LogP contribution in [0.3, 0.4) is 0 Å². The van der Waals surface area contributed by atoms with Crippen molar-refractivity contribution in [3.8, 4) is 11.9 Å². The highest BCUT2D eigenvalue weighted by Gasteiger charge is 2.14. The Morgan fingerprint density at radius 3 is 2.67 bits per heavy atom. The van der Waals surface area contributed by atoms with Crippen molar-refractivity contribution in [2.75, 3.05) is 0 Å². The Balaban J connectivity index is 2.67. The first-order valence-electron chi connectivity index (χ1n) is 4.59. The van der Waals surface area contributed by atoms with Gasteiger partial charge in [0.1, 0.15) is 11.6 Å². The van der Waals surface area contributed by atoms with Crippen molar-refractivity contribution in [1.29, 1.82) is 5.26 Å². The predicted molar refractivity (Wildman–Crippen MR) is 54.5 cm³/mol. The quantitative estimate of drug-likeness (QED) is 0.694. The largest absolute Gasteiger partial charge is 0.250 e. The second-order valence-electron chi connectivity index (χ2n) is 3.48. The number of nitrogens with zero attached hydrogens (tertiary/aromatic N) is 5. The van der Waals surface area contributed by atoms with Gasteiger partial charge in [-0.25, -0.2) is 9.36 Å². The first-order valence-corrected chi connectivity index (χ1v) is 4.59. The molecule has 0 aliphatic heterocycles. The molecule has 0 saturated heterocycles. The van der Waals surface area contributed by atoms with Crippen molar-refractivity contribution < 1.29 is 0 Å². The van der Waals surface area contributed by atoms with E-state index in [-0.39, 0.29) is 0 Å². The normalized spacial score (nSPS) is 10.3. The van der Waals surface area contributed by atoms with E-state index in [2.05, 4.69) is 16.3 Å². The molecule has 0 unspecified atom stereocenters. The average molecular weight is 201 g/mol. The molecule has 0 spiro atoms. The Morgan fingerprint density at radius 1 is 1.40 bits per heavy atom. The molecule has 0 atom stereocenters. The van der Waals surface area contributed by atoms with Crippen LogP contribution in [0.2, 0.25) is 0 Å².